The zero-order chi connectivity index (χ0) is 16.4. The van der Waals surface area contributed by atoms with E-state index in [1.807, 2.05) is 61.7 Å². The molecule has 3 nitrogen and oxygen atoms in total. The lowest BCUT2D eigenvalue weighted by molar-refractivity contribution is 0.102. The average molecular weight is 322 g/mol. The Morgan fingerprint density at radius 1 is 1.04 bits per heavy atom. The molecule has 116 valence electrons. The first-order chi connectivity index (χ1) is 11.0. The lowest BCUT2D eigenvalue weighted by atomic mass is 10.1. The number of thiophene rings is 1. The summed E-state index contributed by atoms with van der Waals surface area (Å²) in [6, 6.07) is 13.7. The maximum atomic E-state index is 12.5. The van der Waals surface area contributed by atoms with E-state index in [0.717, 1.165) is 27.5 Å². The number of carbonyl (C=O) groups is 1. The molecule has 0 bridgehead atoms. The predicted octanol–water partition coefficient (Wildman–Crippen LogP) is 4.99. The van der Waals surface area contributed by atoms with Crippen LogP contribution in [0.2, 0.25) is 0 Å². The summed E-state index contributed by atoms with van der Waals surface area (Å²) in [6.45, 7) is 5.96. The normalized spacial score (nSPS) is 10.6. The molecule has 0 aliphatic carbocycles. The minimum Gasteiger partial charge on any atom is -0.322 e. The Balaban J connectivity index is 1.83. The van der Waals surface area contributed by atoms with Gasteiger partial charge in [-0.15, -0.1) is 11.3 Å². The van der Waals surface area contributed by atoms with Crippen LogP contribution in [0.5, 0.6) is 0 Å². The number of anilines is 1. The van der Waals surface area contributed by atoms with E-state index in [-0.39, 0.29) is 5.91 Å². The SMILES string of the molecule is Cc1ccc(NC(=O)c2ccc(-c3cccs3)nc2C)cc1C. The molecule has 4 heteroatoms. The van der Waals surface area contributed by atoms with Gasteiger partial charge in [0, 0.05) is 5.69 Å². The van der Waals surface area contributed by atoms with Gasteiger partial charge in [-0.05, 0) is 67.6 Å². The number of pyridine rings is 1. The van der Waals surface area contributed by atoms with Gasteiger partial charge >= 0.3 is 0 Å². The molecule has 3 aromatic rings. The molecule has 23 heavy (non-hydrogen) atoms. The number of amides is 1. The predicted molar refractivity (Wildman–Crippen MR) is 96.2 cm³/mol. The lowest BCUT2D eigenvalue weighted by Crippen LogP contribution is -2.14. The molecule has 3 rings (SSSR count). The molecule has 2 heterocycles. The molecule has 0 aliphatic rings. The van der Waals surface area contributed by atoms with Gasteiger partial charge in [-0.1, -0.05) is 12.1 Å². The smallest absolute Gasteiger partial charge is 0.257 e. The van der Waals surface area contributed by atoms with Gasteiger partial charge in [0.1, 0.15) is 0 Å². The number of benzene rings is 1. The highest BCUT2D eigenvalue weighted by molar-refractivity contribution is 7.13. The average Bonchev–Trinajstić information content (AvgIpc) is 3.05. The number of aromatic nitrogens is 1. The number of carbonyl (C=O) groups excluding carboxylic acids is 1. The summed E-state index contributed by atoms with van der Waals surface area (Å²) >= 11 is 1.64. The van der Waals surface area contributed by atoms with E-state index < -0.39 is 0 Å². The standard InChI is InChI=1S/C19H18N2OS/c1-12-6-7-15(11-13(12)2)21-19(22)16-8-9-17(20-14(16)3)18-5-4-10-23-18/h4-11H,1-3H3,(H,21,22). The molecule has 0 fully saturated rings. The summed E-state index contributed by atoms with van der Waals surface area (Å²) in [6.07, 6.45) is 0. The molecule has 1 aromatic carbocycles. The number of rotatable bonds is 3. The lowest BCUT2D eigenvalue weighted by Gasteiger charge is -2.10. The second-order valence-corrected chi connectivity index (χ2v) is 6.51. The van der Waals surface area contributed by atoms with Gasteiger partial charge in [0.2, 0.25) is 0 Å². The summed E-state index contributed by atoms with van der Waals surface area (Å²) in [5.41, 5.74) is 5.41. The largest absolute Gasteiger partial charge is 0.322 e. The van der Waals surface area contributed by atoms with Crippen LogP contribution >= 0.6 is 11.3 Å². The van der Waals surface area contributed by atoms with Crippen molar-refractivity contribution in [1.29, 1.82) is 0 Å². The maximum Gasteiger partial charge on any atom is 0.257 e. The molecule has 0 unspecified atom stereocenters. The minimum atomic E-state index is -0.129. The van der Waals surface area contributed by atoms with E-state index in [9.17, 15) is 4.79 Å². The Kier molecular flexibility index (Phi) is 4.26. The monoisotopic (exact) mass is 322 g/mol. The van der Waals surface area contributed by atoms with Crippen molar-refractivity contribution >= 4 is 22.9 Å². The van der Waals surface area contributed by atoms with Crippen molar-refractivity contribution in [2.75, 3.05) is 5.32 Å². The van der Waals surface area contributed by atoms with Crippen LogP contribution in [0, 0.1) is 20.8 Å². The topological polar surface area (TPSA) is 42.0 Å². The van der Waals surface area contributed by atoms with E-state index in [4.69, 9.17) is 0 Å². The molecule has 0 aliphatic heterocycles. The molecule has 0 saturated carbocycles. The van der Waals surface area contributed by atoms with Crippen LogP contribution in [0.1, 0.15) is 27.2 Å². The first kappa shape index (κ1) is 15.4. The number of aryl methyl sites for hydroxylation is 3. The van der Waals surface area contributed by atoms with Crippen LogP contribution in [0.4, 0.5) is 5.69 Å². The van der Waals surface area contributed by atoms with Gasteiger partial charge in [0.15, 0.2) is 0 Å². The molecule has 0 spiro atoms. The number of nitrogens with zero attached hydrogens (tertiary/aromatic N) is 1. The summed E-state index contributed by atoms with van der Waals surface area (Å²) in [5, 5.41) is 4.97. The number of hydrogen-bond acceptors (Lipinski definition) is 3. The quantitative estimate of drug-likeness (QED) is 0.738. The first-order valence-electron chi connectivity index (χ1n) is 7.45. The third kappa shape index (κ3) is 3.32. The third-order valence-electron chi connectivity index (χ3n) is 3.87. The molecule has 2 aromatic heterocycles. The number of hydrogen-bond donors (Lipinski definition) is 1. The summed E-state index contributed by atoms with van der Waals surface area (Å²) in [7, 11) is 0. The molecule has 1 amide bonds. The van der Waals surface area contributed by atoms with Crippen molar-refractivity contribution < 1.29 is 4.79 Å². The van der Waals surface area contributed by atoms with Crippen LogP contribution in [-0.2, 0) is 0 Å². The van der Waals surface area contributed by atoms with Gasteiger partial charge in [-0.3, -0.25) is 9.78 Å². The summed E-state index contributed by atoms with van der Waals surface area (Å²) in [5.74, 6) is -0.129. The molecule has 0 radical (unpaired) electrons. The Bertz CT molecular complexity index is 854. The van der Waals surface area contributed by atoms with Crippen molar-refractivity contribution in [2.45, 2.75) is 20.8 Å². The molecule has 0 saturated heterocycles. The van der Waals surface area contributed by atoms with Crippen molar-refractivity contribution in [3.63, 3.8) is 0 Å². The van der Waals surface area contributed by atoms with Crippen LogP contribution in [-0.4, -0.2) is 10.9 Å². The molecular formula is C19H18N2OS. The van der Waals surface area contributed by atoms with Gasteiger partial charge in [-0.25, -0.2) is 0 Å². The van der Waals surface area contributed by atoms with Gasteiger partial charge in [0.05, 0.1) is 21.8 Å². The van der Waals surface area contributed by atoms with Crippen molar-refractivity contribution in [2.24, 2.45) is 0 Å². The van der Waals surface area contributed by atoms with E-state index >= 15 is 0 Å². The van der Waals surface area contributed by atoms with Crippen molar-refractivity contribution in [3.8, 4) is 10.6 Å². The Labute approximate surface area is 140 Å². The van der Waals surface area contributed by atoms with Crippen LogP contribution in [0.25, 0.3) is 10.6 Å². The molecule has 1 N–H and O–H groups in total. The van der Waals surface area contributed by atoms with Crippen LogP contribution in [0.3, 0.4) is 0 Å². The highest BCUT2D eigenvalue weighted by Crippen LogP contribution is 2.24. The fourth-order valence-electron chi connectivity index (χ4n) is 2.38. The van der Waals surface area contributed by atoms with Crippen LogP contribution < -0.4 is 5.32 Å². The molecule has 0 atom stereocenters. The highest BCUT2D eigenvalue weighted by Gasteiger charge is 2.12. The van der Waals surface area contributed by atoms with E-state index in [2.05, 4.69) is 17.2 Å². The zero-order valence-corrected chi connectivity index (χ0v) is 14.2. The highest BCUT2D eigenvalue weighted by atomic mass is 32.1. The van der Waals surface area contributed by atoms with Gasteiger partial charge in [0.25, 0.3) is 5.91 Å². The fraction of sp³-hybridized carbons (Fsp3) is 0.158. The zero-order valence-electron chi connectivity index (χ0n) is 13.4. The van der Waals surface area contributed by atoms with Crippen molar-refractivity contribution in [3.05, 3.63) is 70.2 Å². The fourth-order valence-corrected chi connectivity index (χ4v) is 3.08. The van der Waals surface area contributed by atoms with E-state index in [1.165, 1.54) is 5.56 Å². The maximum absolute atomic E-state index is 12.5. The van der Waals surface area contributed by atoms with E-state index in [0.29, 0.717) is 5.56 Å². The summed E-state index contributed by atoms with van der Waals surface area (Å²) < 4.78 is 0. The van der Waals surface area contributed by atoms with E-state index in [1.54, 1.807) is 11.3 Å². The van der Waals surface area contributed by atoms with Crippen molar-refractivity contribution in [1.82, 2.24) is 4.98 Å². The second kappa shape index (κ2) is 6.34. The van der Waals surface area contributed by atoms with Crippen LogP contribution in [0.15, 0.2) is 47.8 Å². The Morgan fingerprint density at radius 2 is 1.87 bits per heavy atom. The number of nitrogens with one attached hydrogen (secondary N) is 1. The van der Waals surface area contributed by atoms with Gasteiger partial charge in [-0.2, -0.15) is 0 Å². The second-order valence-electron chi connectivity index (χ2n) is 5.56. The Morgan fingerprint density at radius 3 is 2.52 bits per heavy atom. The minimum absolute atomic E-state index is 0.129. The summed E-state index contributed by atoms with van der Waals surface area (Å²) in [4.78, 5) is 18.1. The molecular weight excluding hydrogens is 304 g/mol. The van der Waals surface area contributed by atoms with Gasteiger partial charge < -0.3 is 5.32 Å². The first-order valence-corrected chi connectivity index (χ1v) is 8.32. The third-order valence-corrected chi connectivity index (χ3v) is 4.76. The Hall–Kier alpha value is -2.46.